The highest BCUT2D eigenvalue weighted by molar-refractivity contribution is 9.11. The second-order valence-electron chi connectivity index (χ2n) is 4.26. The van der Waals surface area contributed by atoms with Crippen LogP contribution in [-0.4, -0.2) is 50.1 Å². The van der Waals surface area contributed by atoms with Crippen molar-refractivity contribution in [2.24, 2.45) is 5.92 Å². The molecule has 0 spiro atoms. The number of ether oxygens (including phenoxy) is 1. The van der Waals surface area contributed by atoms with Gasteiger partial charge in [0.05, 0.1) is 34.0 Å². The molecule has 1 aromatic rings. The number of hydrogen-bond acceptors (Lipinski definition) is 5. The molecular weight excluding hydrogens is 394 g/mol. The number of carbonyl (C=O) groups is 1. The maximum Gasteiger partial charge on any atom is 0.310 e. The van der Waals surface area contributed by atoms with Gasteiger partial charge in [0, 0.05) is 7.05 Å². The van der Waals surface area contributed by atoms with E-state index in [0.29, 0.717) is 8.81 Å². The highest BCUT2D eigenvalue weighted by Crippen LogP contribution is 2.36. The molecule has 0 aromatic carbocycles. The highest BCUT2D eigenvalue weighted by Gasteiger charge is 2.41. The molecule has 1 aliphatic rings. The van der Waals surface area contributed by atoms with Crippen LogP contribution in [0, 0.1) is 5.92 Å². The summed E-state index contributed by atoms with van der Waals surface area (Å²) in [7, 11) is -2.44. The highest BCUT2D eigenvalue weighted by atomic mass is 79.9. The number of nitrogens with zero attached hydrogens (tertiary/aromatic N) is 1. The summed E-state index contributed by atoms with van der Waals surface area (Å²) in [5.41, 5.74) is 0. The van der Waals surface area contributed by atoms with E-state index in [1.54, 1.807) is 0 Å². The van der Waals surface area contributed by atoms with Gasteiger partial charge in [0.1, 0.15) is 4.21 Å². The molecule has 0 aliphatic carbocycles. The Labute approximate surface area is 133 Å². The Morgan fingerprint density at radius 2 is 2.25 bits per heavy atom. The third-order valence-corrected chi connectivity index (χ3v) is 7.90. The molecule has 1 aliphatic heterocycles. The van der Waals surface area contributed by atoms with E-state index in [-0.39, 0.29) is 17.4 Å². The van der Waals surface area contributed by atoms with E-state index in [4.69, 9.17) is 21.4 Å². The lowest BCUT2D eigenvalue weighted by Gasteiger charge is -2.24. The van der Waals surface area contributed by atoms with Crippen LogP contribution >= 0.6 is 38.9 Å². The van der Waals surface area contributed by atoms with Gasteiger partial charge in [-0.25, -0.2) is 8.42 Å². The fourth-order valence-electron chi connectivity index (χ4n) is 1.91. The van der Waals surface area contributed by atoms with Gasteiger partial charge in [0.2, 0.25) is 0 Å². The fraction of sp³-hybridized carbons (Fsp3) is 0.500. The van der Waals surface area contributed by atoms with Crippen LogP contribution in [0.5, 0.6) is 0 Å². The van der Waals surface area contributed by atoms with E-state index >= 15 is 0 Å². The van der Waals surface area contributed by atoms with Gasteiger partial charge in [-0.2, -0.15) is 4.31 Å². The Kier molecular flexibility index (Phi) is 4.77. The van der Waals surface area contributed by atoms with Gasteiger partial charge in [-0.1, -0.05) is 11.6 Å². The second-order valence-corrected chi connectivity index (χ2v) is 9.26. The number of hydrogen-bond donors (Lipinski definition) is 1. The molecule has 0 radical (unpaired) electrons. The number of carboxylic acids is 1. The molecule has 0 bridgehead atoms. The Morgan fingerprint density at radius 1 is 1.60 bits per heavy atom. The molecule has 6 nitrogen and oxygen atoms in total. The van der Waals surface area contributed by atoms with E-state index in [2.05, 4.69) is 15.9 Å². The Balaban J connectivity index is 2.31. The number of sulfonamides is 1. The van der Waals surface area contributed by atoms with E-state index in [9.17, 15) is 13.2 Å². The predicted octanol–water partition coefficient (Wildman–Crippen LogP) is 1.88. The first-order chi connectivity index (χ1) is 9.25. The number of carboxylic acid groups (broad SMARTS) is 1. The standard InChI is InChI=1S/C10H11BrClNO5S2/c1-13(7-4-18-3-5(7)10(14)15)20(16,17)8-2-6(12)9(11)19-8/h2,5,7H,3-4H2,1H3,(H,14,15). The van der Waals surface area contributed by atoms with Gasteiger partial charge in [-0.3, -0.25) is 4.79 Å². The lowest BCUT2D eigenvalue weighted by molar-refractivity contribution is -0.142. The summed E-state index contributed by atoms with van der Waals surface area (Å²) < 4.78 is 31.6. The SMILES string of the molecule is CN(C1COCC1C(=O)O)S(=O)(=O)c1cc(Cl)c(Br)s1. The van der Waals surface area contributed by atoms with Crippen LogP contribution < -0.4 is 0 Å². The van der Waals surface area contributed by atoms with Gasteiger partial charge >= 0.3 is 5.97 Å². The Hall–Kier alpha value is -0.190. The van der Waals surface area contributed by atoms with Crippen LogP contribution in [0.4, 0.5) is 0 Å². The average molecular weight is 405 g/mol. The third-order valence-electron chi connectivity index (χ3n) is 3.09. The van der Waals surface area contributed by atoms with Crippen molar-refractivity contribution < 1.29 is 23.1 Å². The number of likely N-dealkylation sites (N-methyl/N-ethyl adjacent to an activating group) is 1. The van der Waals surface area contributed by atoms with Gasteiger partial charge < -0.3 is 9.84 Å². The van der Waals surface area contributed by atoms with Crippen LogP contribution in [0.2, 0.25) is 5.02 Å². The molecule has 2 unspecified atom stereocenters. The minimum atomic E-state index is -3.80. The minimum Gasteiger partial charge on any atom is -0.481 e. The molecule has 0 amide bonds. The molecule has 1 aromatic heterocycles. The molecule has 112 valence electrons. The maximum absolute atomic E-state index is 12.5. The normalized spacial score (nSPS) is 23.4. The van der Waals surface area contributed by atoms with Crippen molar-refractivity contribution in [3.63, 3.8) is 0 Å². The lowest BCUT2D eigenvalue weighted by Crippen LogP contribution is -2.43. The molecule has 0 saturated carbocycles. The van der Waals surface area contributed by atoms with E-state index in [0.717, 1.165) is 15.6 Å². The molecule has 1 N–H and O–H groups in total. The zero-order valence-corrected chi connectivity index (χ0v) is 14.2. The summed E-state index contributed by atoms with van der Waals surface area (Å²) in [6, 6.07) is 0.616. The minimum absolute atomic E-state index is 0.00868. The van der Waals surface area contributed by atoms with Crippen LogP contribution in [0.15, 0.2) is 14.1 Å². The summed E-state index contributed by atoms with van der Waals surface area (Å²) >= 11 is 9.99. The van der Waals surface area contributed by atoms with Crippen LogP contribution in [0.25, 0.3) is 0 Å². The molecule has 10 heteroatoms. The van der Waals surface area contributed by atoms with Crippen molar-refractivity contribution in [3.05, 3.63) is 14.9 Å². The largest absolute Gasteiger partial charge is 0.481 e. The summed E-state index contributed by atoms with van der Waals surface area (Å²) in [5.74, 6) is -1.94. The first-order valence-electron chi connectivity index (χ1n) is 5.48. The van der Waals surface area contributed by atoms with Crippen molar-refractivity contribution in [1.82, 2.24) is 4.31 Å². The molecule has 1 saturated heterocycles. The first-order valence-corrected chi connectivity index (χ1v) is 8.91. The topological polar surface area (TPSA) is 83.9 Å². The number of halogens is 2. The number of thiophene rings is 1. The summed E-state index contributed by atoms with van der Waals surface area (Å²) in [6.45, 7) is 0.0712. The van der Waals surface area contributed by atoms with Crippen LogP contribution in [-0.2, 0) is 19.6 Å². The monoisotopic (exact) mass is 403 g/mol. The summed E-state index contributed by atoms with van der Waals surface area (Å²) in [5, 5.41) is 9.39. The average Bonchev–Trinajstić information content (AvgIpc) is 2.96. The third kappa shape index (κ3) is 2.88. The van der Waals surface area contributed by atoms with E-state index in [1.165, 1.54) is 13.1 Å². The van der Waals surface area contributed by atoms with Gasteiger partial charge in [-0.05, 0) is 22.0 Å². The Morgan fingerprint density at radius 3 is 2.75 bits per heavy atom. The van der Waals surface area contributed by atoms with E-state index in [1.807, 2.05) is 0 Å². The van der Waals surface area contributed by atoms with Crippen molar-refractivity contribution in [2.45, 2.75) is 10.3 Å². The molecule has 2 rings (SSSR count). The second kappa shape index (κ2) is 5.90. The van der Waals surface area contributed by atoms with Crippen molar-refractivity contribution in [3.8, 4) is 0 Å². The maximum atomic E-state index is 12.5. The van der Waals surface area contributed by atoms with Crippen molar-refractivity contribution in [2.75, 3.05) is 20.3 Å². The van der Waals surface area contributed by atoms with E-state index < -0.39 is 28.0 Å². The molecule has 2 heterocycles. The first kappa shape index (κ1) is 16.2. The van der Waals surface area contributed by atoms with Crippen molar-refractivity contribution in [1.29, 1.82) is 0 Å². The zero-order valence-electron chi connectivity index (χ0n) is 10.2. The summed E-state index contributed by atoms with van der Waals surface area (Å²) in [6.07, 6.45) is 0. The summed E-state index contributed by atoms with van der Waals surface area (Å²) in [4.78, 5) is 11.1. The fourth-order valence-corrected chi connectivity index (χ4v) is 5.87. The van der Waals surface area contributed by atoms with Crippen LogP contribution in [0.1, 0.15) is 0 Å². The molecule has 1 fully saturated rings. The Bertz CT molecular complexity index is 612. The zero-order chi connectivity index (χ0) is 15.1. The predicted molar refractivity (Wildman–Crippen MR) is 77.7 cm³/mol. The van der Waals surface area contributed by atoms with Crippen LogP contribution in [0.3, 0.4) is 0 Å². The van der Waals surface area contributed by atoms with Crippen molar-refractivity contribution >= 4 is 54.9 Å². The van der Waals surface area contributed by atoms with Gasteiger partial charge in [0.25, 0.3) is 10.0 Å². The molecule has 20 heavy (non-hydrogen) atoms. The smallest absolute Gasteiger partial charge is 0.310 e. The number of aliphatic carboxylic acids is 1. The quantitative estimate of drug-likeness (QED) is 0.828. The lowest BCUT2D eigenvalue weighted by atomic mass is 10.1. The van der Waals surface area contributed by atoms with Gasteiger partial charge in [0.15, 0.2) is 0 Å². The van der Waals surface area contributed by atoms with Gasteiger partial charge in [-0.15, -0.1) is 11.3 Å². The molecular formula is C10H11BrClNO5S2. The molecule has 2 atom stereocenters. The number of rotatable bonds is 4.